The van der Waals surface area contributed by atoms with Gasteiger partial charge in [0.05, 0.1) is 18.0 Å². The summed E-state index contributed by atoms with van der Waals surface area (Å²) in [6, 6.07) is 15.0. The monoisotopic (exact) mass is 332 g/mol. The molecule has 0 aliphatic heterocycles. The average molecular weight is 333 g/mol. The highest BCUT2D eigenvalue weighted by molar-refractivity contribution is 6.31. The molecule has 0 aliphatic rings. The number of ether oxygens (including phenoxy) is 1. The predicted octanol–water partition coefficient (Wildman–Crippen LogP) is 4.20. The van der Waals surface area contributed by atoms with Crippen molar-refractivity contribution in [3.63, 3.8) is 0 Å². The first-order valence-corrected chi connectivity index (χ1v) is 7.88. The number of nitrogens with zero attached hydrogens (tertiary/aromatic N) is 1. The Morgan fingerprint density at radius 3 is 2.61 bits per heavy atom. The largest absolute Gasteiger partial charge is 0.494 e. The Balaban J connectivity index is 1.82. The number of hydrogen-bond acceptors (Lipinski definition) is 3. The van der Waals surface area contributed by atoms with Crippen molar-refractivity contribution < 1.29 is 9.53 Å². The highest BCUT2D eigenvalue weighted by atomic mass is 35.5. The van der Waals surface area contributed by atoms with Crippen molar-refractivity contribution >= 4 is 28.9 Å². The molecule has 2 aromatic rings. The highest BCUT2D eigenvalue weighted by Crippen LogP contribution is 2.27. The molecular formula is C18H21ClN2O2. The minimum Gasteiger partial charge on any atom is -0.494 e. The summed E-state index contributed by atoms with van der Waals surface area (Å²) in [6.07, 6.45) is 1.05. The Morgan fingerprint density at radius 1 is 1.17 bits per heavy atom. The Labute approximate surface area is 142 Å². The van der Waals surface area contributed by atoms with E-state index in [1.165, 1.54) is 0 Å². The molecule has 0 heterocycles. The minimum atomic E-state index is -0.0490. The van der Waals surface area contributed by atoms with Gasteiger partial charge in [0.1, 0.15) is 5.75 Å². The van der Waals surface area contributed by atoms with E-state index < -0.39 is 0 Å². The highest BCUT2D eigenvalue weighted by Gasteiger charge is 2.09. The standard InChI is InChI=1S/C18H21ClN2O2/c1-21(2)17-11-10-14(19)13-16(17)20-18(22)9-6-12-23-15-7-4-3-5-8-15/h3-5,7-8,10-11,13H,6,9,12H2,1-2H3,(H,20,22). The summed E-state index contributed by atoms with van der Waals surface area (Å²) in [7, 11) is 3.85. The molecule has 0 spiro atoms. The summed E-state index contributed by atoms with van der Waals surface area (Å²) in [5, 5.41) is 3.51. The third-order valence-electron chi connectivity index (χ3n) is 3.27. The first kappa shape index (κ1) is 17.2. The molecule has 2 rings (SSSR count). The number of rotatable bonds is 7. The molecule has 122 valence electrons. The second kappa shape index (κ2) is 8.44. The van der Waals surface area contributed by atoms with Gasteiger partial charge >= 0.3 is 0 Å². The lowest BCUT2D eigenvalue weighted by atomic mass is 10.2. The zero-order valence-electron chi connectivity index (χ0n) is 13.4. The van der Waals surface area contributed by atoms with E-state index in [1.54, 1.807) is 12.1 Å². The molecular weight excluding hydrogens is 312 g/mol. The molecule has 0 bridgehead atoms. The number of carbonyl (C=O) groups excluding carboxylic acids is 1. The lowest BCUT2D eigenvalue weighted by Crippen LogP contribution is -2.17. The van der Waals surface area contributed by atoms with Gasteiger partial charge in [0.15, 0.2) is 0 Å². The van der Waals surface area contributed by atoms with Crippen LogP contribution in [-0.2, 0) is 4.79 Å². The van der Waals surface area contributed by atoms with Crippen LogP contribution >= 0.6 is 11.6 Å². The maximum Gasteiger partial charge on any atom is 0.224 e. The molecule has 1 amide bonds. The average Bonchev–Trinajstić information content (AvgIpc) is 2.52. The summed E-state index contributed by atoms with van der Waals surface area (Å²) >= 11 is 6.01. The molecule has 0 aliphatic carbocycles. The van der Waals surface area contributed by atoms with Gasteiger partial charge in [-0.15, -0.1) is 0 Å². The minimum absolute atomic E-state index is 0.0490. The van der Waals surface area contributed by atoms with Crippen molar-refractivity contribution in [1.29, 1.82) is 0 Å². The third kappa shape index (κ3) is 5.49. The van der Waals surface area contributed by atoms with Crippen molar-refractivity contribution in [3.05, 3.63) is 53.6 Å². The second-order valence-electron chi connectivity index (χ2n) is 5.37. The molecule has 0 aromatic heterocycles. The molecule has 2 aromatic carbocycles. The lowest BCUT2D eigenvalue weighted by molar-refractivity contribution is -0.116. The first-order valence-electron chi connectivity index (χ1n) is 7.51. The van der Waals surface area contributed by atoms with E-state index in [0.717, 1.165) is 17.1 Å². The fraction of sp³-hybridized carbons (Fsp3) is 0.278. The molecule has 23 heavy (non-hydrogen) atoms. The van der Waals surface area contributed by atoms with Crippen LogP contribution in [0.15, 0.2) is 48.5 Å². The van der Waals surface area contributed by atoms with Crippen LogP contribution in [0, 0.1) is 0 Å². The smallest absolute Gasteiger partial charge is 0.224 e. The van der Waals surface area contributed by atoms with Crippen LogP contribution < -0.4 is 15.0 Å². The number of hydrogen-bond donors (Lipinski definition) is 1. The van der Waals surface area contributed by atoms with Crippen LogP contribution in [0.3, 0.4) is 0 Å². The van der Waals surface area contributed by atoms with Crippen molar-refractivity contribution in [2.75, 3.05) is 30.9 Å². The number of halogens is 1. The molecule has 4 nitrogen and oxygen atoms in total. The normalized spacial score (nSPS) is 10.2. The quantitative estimate of drug-likeness (QED) is 0.772. The van der Waals surface area contributed by atoms with Crippen LogP contribution in [0.25, 0.3) is 0 Å². The molecule has 0 fully saturated rings. The first-order chi connectivity index (χ1) is 11.1. The van der Waals surface area contributed by atoms with E-state index in [1.807, 2.05) is 55.4 Å². The summed E-state index contributed by atoms with van der Waals surface area (Å²) in [5.41, 5.74) is 1.64. The SMILES string of the molecule is CN(C)c1ccc(Cl)cc1NC(=O)CCCOc1ccccc1. The number of nitrogens with one attached hydrogen (secondary N) is 1. The van der Waals surface area contributed by atoms with E-state index in [0.29, 0.717) is 24.5 Å². The maximum absolute atomic E-state index is 12.1. The lowest BCUT2D eigenvalue weighted by Gasteiger charge is -2.18. The predicted molar refractivity (Wildman–Crippen MR) is 95.6 cm³/mol. The number of amides is 1. The van der Waals surface area contributed by atoms with Gasteiger partial charge in [-0.1, -0.05) is 29.8 Å². The van der Waals surface area contributed by atoms with Gasteiger partial charge in [-0.2, -0.15) is 0 Å². The fourth-order valence-corrected chi connectivity index (χ4v) is 2.32. The fourth-order valence-electron chi connectivity index (χ4n) is 2.15. The Hall–Kier alpha value is -2.20. The maximum atomic E-state index is 12.1. The summed E-state index contributed by atoms with van der Waals surface area (Å²) < 4.78 is 5.58. The van der Waals surface area contributed by atoms with Gasteiger partial charge in [-0.05, 0) is 36.8 Å². The van der Waals surface area contributed by atoms with Crippen molar-refractivity contribution in [3.8, 4) is 5.75 Å². The van der Waals surface area contributed by atoms with Crippen molar-refractivity contribution in [1.82, 2.24) is 0 Å². The Kier molecular flexibility index (Phi) is 6.29. The molecule has 1 N–H and O–H groups in total. The van der Waals surface area contributed by atoms with E-state index in [-0.39, 0.29) is 5.91 Å². The van der Waals surface area contributed by atoms with Crippen molar-refractivity contribution in [2.24, 2.45) is 0 Å². The summed E-state index contributed by atoms with van der Waals surface area (Å²) in [4.78, 5) is 14.0. The van der Waals surface area contributed by atoms with E-state index in [9.17, 15) is 4.79 Å². The number of para-hydroxylation sites is 1. The Morgan fingerprint density at radius 2 is 1.91 bits per heavy atom. The van der Waals surface area contributed by atoms with Gasteiger partial charge in [-0.3, -0.25) is 4.79 Å². The second-order valence-corrected chi connectivity index (χ2v) is 5.81. The molecule has 0 saturated heterocycles. The number of anilines is 2. The van der Waals surface area contributed by atoms with Crippen LogP contribution in [0.2, 0.25) is 5.02 Å². The van der Waals surface area contributed by atoms with Crippen LogP contribution in [0.5, 0.6) is 5.75 Å². The zero-order valence-corrected chi connectivity index (χ0v) is 14.1. The van der Waals surface area contributed by atoms with Gasteiger partial charge in [0, 0.05) is 25.5 Å². The molecule has 5 heteroatoms. The molecule has 0 saturated carbocycles. The number of benzene rings is 2. The van der Waals surface area contributed by atoms with Gasteiger partial charge < -0.3 is 15.0 Å². The van der Waals surface area contributed by atoms with Crippen molar-refractivity contribution in [2.45, 2.75) is 12.8 Å². The van der Waals surface area contributed by atoms with Crippen LogP contribution in [0.1, 0.15) is 12.8 Å². The van der Waals surface area contributed by atoms with E-state index in [4.69, 9.17) is 16.3 Å². The summed E-state index contributed by atoms with van der Waals surface area (Å²) in [5.74, 6) is 0.768. The Bertz CT molecular complexity index is 645. The summed E-state index contributed by atoms with van der Waals surface area (Å²) in [6.45, 7) is 0.507. The molecule has 0 radical (unpaired) electrons. The van der Waals surface area contributed by atoms with E-state index in [2.05, 4.69) is 5.32 Å². The topological polar surface area (TPSA) is 41.6 Å². The zero-order chi connectivity index (χ0) is 16.7. The van der Waals surface area contributed by atoms with Gasteiger partial charge in [-0.25, -0.2) is 0 Å². The van der Waals surface area contributed by atoms with Gasteiger partial charge in [0.25, 0.3) is 0 Å². The third-order valence-corrected chi connectivity index (χ3v) is 3.51. The van der Waals surface area contributed by atoms with E-state index >= 15 is 0 Å². The van der Waals surface area contributed by atoms with Gasteiger partial charge in [0.2, 0.25) is 5.91 Å². The molecule has 0 atom stereocenters. The molecule has 0 unspecified atom stereocenters. The van der Waals surface area contributed by atoms with Crippen LogP contribution in [-0.4, -0.2) is 26.6 Å². The number of carbonyl (C=O) groups is 1. The van der Waals surface area contributed by atoms with Crippen LogP contribution in [0.4, 0.5) is 11.4 Å².